The van der Waals surface area contributed by atoms with E-state index in [0.29, 0.717) is 11.2 Å². The second kappa shape index (κ2) is 4.97. The van der Waals surface area contributed by atoms with Crippen LogP contribution in [0.2, 0.25) is 5.28 Å². The molecule has 0 atom stereocenters. The first kappa shape index (κ1) is 10.9. The molecule has 0 saturated heterocycles. The third kappa shape index (κ3) is 2.71. The summed E-state index contributed by atoms with van der Waals surface area (Å²) in [5, 5.41) is 8.68. The van der Waals surface area contributed by atoms with Crippen molar-refractivity contribution in [3.8, 4) is 0 Å². The van der Waals surface area contributed by atoms with Crippen LogP contribution in [0.25, 0.3) is 0 Å². The Bertz CT molecular complexity index is 318. The van der Waals surface area contributed by atoms with Crippen LogP contribution >= 0.6 is 11.6 Å². The van der Waals surface area contributed by atoms with Crippen molar-refractivity contribution in [3.63, 3.8) is 0 Å². The summed E-state index contributed by atoms with van der Waals surface area (Å²) in [7, 11) is 0. The lowest BCUT2D eigenvalue weighted by Crippen LogP contribution is -2.03. The van der Waals surface area contributed by atoms with E-state index < -0.39 is 0 Å². The Hall–Kier alpha value is -0.570. The number of hydrogen-bond donors (Lipinski definition) is 0. The second-order valence-electron chi connectivity index (χ2n) is 4.31. The van der Waals surface area contributed by atoms with E-state index in [4.69, 9.17) is 11.6 Å². The molecule has 1 saturated carbocycles. The van der Waals surface area contributed by atoms with E-state index in [1.807, 2.05) is 0 Å². The monoisotopic (exact) mass is 227 g/mol. The molecule has 3 nitrogen and oxygen atoms in total. The van der Waals surface area contributed by atoms with Crippen molar-refractivity contribution >= 4 is 11.6 Å². The Balaban J connectivity index is 1.90. The highest BCUT2D eigenvalue weighted by atomic mass is 35.5. The zero-order valence-electron chi connectivity index (χ0n) is 9.25. The highest BCUT2D eigenvalue weighted by molar-refractivity contribution is 6.28. The van der Waals surface area contributed by atoms with Gasteiger partial charge < -0.3 is 4.57 Å². The quantitative estimate of drug-likeness (QED) is 0.698. The molecular weight excluding hydrogens is 210 g/mol. The second-order valence-corrected chi connectivity index (χ2v) is 4.65. The molecule has 1 aromatic rings. The van der Waals surface area contributed by atoms with Crippen LogP contribution < -0.4 is 0 Å². The van der Waals surface area contributed by atoms with Gasteiger partial charge in [-0.05, 0) is 30.9 Å². The maximum absolute atomic E-state index is 6.02. The molecule has 0 bridgehead atoms. The fourth-order valence-corrected chi connectivity index (χ4v) is 2.05. The Morgan fingerprint density at radius 3 is 2.73 bits per heavy atom. The van der Waals surface area contributed by atoms with Gasteiger partial charge >= 0.3 is 0 Å². The van der Waals surface area contributed by atoms with Crippen LogP contribution in [-0.4, -0.2) is 14.8 Å². The van der Waals surface area contributed by atoms with Crippen molar-refractivity contribution in [2.45, 2.75) is 57.9 Å². The van der Waals surface area contributed by atoms with Crippen LogP contribution in [0.15, 0.2) is 0 Å². The lowest BCUT2D eigenvalue weighted by Gasteiger charge is -2.06. The van der Waals surface area contributed by atoms with Crippen molar-refractivity contribution in [2.24, 2.45) is 0 Å². The minimum absolute atomic E-state index is 0.563. The molecule has 0 amide bonds. The molecule has 2 rings (SSSR count). The summed E-state index contributed by atoms with van der Waals surface area (Å²) in [4.78, 5) is 0. The molecule has 1 aliphatic rings. The zero-order chi connectivity index (χ0) is 10.7. The van der Waals surface area contributed by atoms with E-state index >= 15 is 0 Å². The summed E-state index contributed by atoms with van der Waals surface area (Å²) in [6.45, 7) is 3.21. The van der Waals surface area contributed by atoms with Crippen molar-refractivity contribution in [1.82, 2.24) is 14.8 Å². The van der Waals surface area contributed by atoms with Gasteiger partial charge in [-0.25, -0.2) is 0 Å². The first-order valence-electron chi connectivity index (χ1n) is 5.91. The third-order valence-corrected chi connectivity index (χ3v) is 3.19. The maximum Gasteiger partial charge on any atom is 0.225 e. The van der Waals surface area contributed by atoms with E-state index in [1.165, 1.54) is 38.5 Å². The molecule has 15 heavy (non-hydrogen) atoms. The molecule has 1 fully saturated rings. The van der Waals surface area contributed by atoms with E-state index in [-0.39, 0.29) is 0 Å². The third-order valence-electron chi connectivity index (χ3n) is 2.91. The fourth-order valence-electron chi connectivity index (χ4n) is 1.84. The number of unbranched alkanes of at least 4 members (excludes halogenated alkanes) is 3. The van der Waals surface area contributed by atoms with Crippen LogP contribution in [-0.2, 0) is 6.54 Å². The molecule has 0 aliphatic heterocycles. The highest BCUT2D eigenvalue weighted by Crippen LogP contribution is 2.39. The SMILES string of the molecule is CCCCCCn1c(Cl)nnc1C1CC1. The van der Waals surface area contributed by atoms with Crippen LogP contribution in [0, 0.1) is 0 Å². The summed E-state index contributed by atoms with van der Waals surface area (Å²) in [6.07, 6.45) is 7.54. The molecule has 84 valence electrons. The summed E-state index contributed by atoms with van der Waals surface area (Å²) < 4.78 is 2.09. The lowest BCUT2D eigenvalue weighted by atomic mass is 10.2. The topological polar surface area (TPSA) is 30.7 Å². The van der Waals surface area contributed by atoms with Crippen LogP contribution in [0.3, 0.4) is 0 Å². The van der Waals surface area contributed by atoms with Crippen LogP contribution in [0.4, 0.5) is 0 Å². The summed E-state index contributed by atoms with van der Waals surface area (Å²) in [5.74, 6) is 1.74. The van der Waals surface area contributed by atoms with Crippen molar-refractivity contribution in [1.29, 1.82) is 0 Å². The van der Waals surface area contributed by atoms with Crippen LogP contribution in [0.1, 0.15) is 57.2 Å². The van der Waals surface area contributed by atoms with Gasteiger partial charge in [-0.1, -0.05) is 26.2 Å². The average Bonchev–Trinajstić information content (AvgIpc) is 3.00. The fraction of sp³-hybridized carbons (Fsp3) is 0.818. The molecule has 0 spiro atoms. The first-order valence-corrected chi connectivity index (χ1v) is 6.29. The van der Waals surface area contributed by atoms with Gasteiger partial charge in [0, 0.05) is 12.5 Å². The van der Waals surface area contributed by atoms with Gasteiger partial charge in [-0.2, -0.15) is 0 Å². The van der Waals surface area contributed by atoms with E-state index in [1.54, 1.807) is 0 Å². The Morgan fingerprint density at radius 2 is 2.07 bits per heavy atom. The molecule has 1 aliphatic carbocycles. The number of halogens is 1. The molecular formula is C11H18ClN3. The van der Waals surface area contributed by atoms with Gasteiger partial charge in [-0.3, -0.25) is 0 Å². The van der Waals surface area contributed by atoms with E-state index in [0.717, 1.165) is 12.4 Å². The predicted molar refractivity (Wildman–Crippen MR) is 61.1 cm³/mol. The van der Waals surface area contributed by atoms with Gasteiger partial charge in [-0.15, -0.1) is 10.2 Å². The van der Waals surface area contributed by atoms with Gasteiger partial charge in [0.1, 0.15) is 5.82 Å². The summed E-state index contributed by atoms with van der Waals surface area (Å²) in [5.41, 5.74) is 0. The summed E-state index contributed by atoms with van der Waals surface area (Å²) >= 11 is 6.02. The molecule has 4 heteroatoms. The highest BCUT2D eigenvalue weighted by Gasteiger charge is 2.29. The number of hydrogen-bond acceptors (Lipinski definition) is 2. The Morgan fingerprint density at radius 1 is 1.27 bits per heavy atom. The van der Waals surface area contributed by atoms with Gasteiger partial charge in [0.2, 0.25) is 5.28 Å². The largest absolute Gasteiger partial charge is 0.302 e. The molecule has 1 aromatic heterocycles. The smallest absolute Gasteiger partial charge is 0.225 e. The average molecular weight is 228 g/mol. The van der Waals surface area contributed by atoms with Crippen molar-refractivity contribution in [3.05, 3.63) is 11.1 Å². The molecule has 0 N–H and O–H groups in total. The Labute approximate surface area is 95.8 Å². The predicted octanol–water partition coefficient (Wildman–Crippen LogP) is 3.39. The maximum atomic E-state index is 6.02. The molecule has 0 radical (unpaired) electrons. The minimum atomic E-state index is 0.563. The minimum Gasteiger partial charge on any atom is -0.302 e. The van der Waals surface area contributed by atoms with E-state index in [9.17, 15) is 0 Å². The van der Waals surface area contributed by atoms with Crippen molar-refractivity contribution < 1.29 is 0 Å². The molecule has 0 unspecified atom stereocenters. The number of rotatable bonds is 6. The normalized spacial score (nSPS) is 15.9. The molecule has 0 aromatic carbocycles. The molecule has 1 heterocycles. The van der Waals surface area contributed by atoms with E-state index in [2.05, 4.69) is 21.7 Å². The van der Waals surface area contributed by atoms with Crippen LogP contribution in [0.5, 0.6) is 0 Å². The van der Waals surface area contributed by atoms with Gasteiger partial charge in [0.05, 0.1) is 0 Å². The Kier molecular flexibility index (Phi) is 3.62. The standard InChI is InChI=1S/C11H18ClN3/c1-2-3-4-5-8-15-10(9-6-7-9)13-14-11(15)12/h9H,2-8H2,1H3. The zero-order valence-corrected chi connectivity index (χ0v) is 10.0. The summed E-state index contributed by atoms with van der Waals surface area (Å²) in [6, 6.07) is 0. The van der Waals surface area contributed by atoms with Gasteiger partial charge in [0.15, 0.2) is 0 Å². The number of nitrogens with zero attached hydrogens (tertiary/aromatic N) is 3. The number of aromatic nitrogens is 3. The van der Waals surface area contributed by atoms with Crippen molar-refractivity contribution in [2.75, 3.05) is 0 Å². The van der Waals surface area contributed by atoms with Gasteiger partial charge in [0.25, 0.3) is 0 Å². The first-order chi connectivity index (χ1) is 7.33. The lowest BCUT2D eigenvalue weighted by molar-refractivity contribution is 0.565.